The number of aliphatic hydroxyl groups excluding tert-OH is 1. The summed E-state index contributed by atoms with van der Waals surface area (Å²) in [4.78, 5) is 11.3. The molecule has 4 atom stereocenters. The van der Waals surface area contributed by atoms with Gasteiger partial charge in [-0.15, -0.1) is 0 Å². The van der Waals surface area contributed by atoms with E-state index in [1.165, 1.54) is 5.57 Å². The third-order valence-corrected chi connectivity index (χ3v) is 4.56. The lowest BCUT2D eigenvalue weighted by atomic mass is 9.63. The number of aliphatic hydroxyl groups is 1. The second-order valence-electron chi connectivity index (χ2n) is 5.76. The molecule has 0 aromatic rings. The van der Waals surface area contributed by atoms with Gasteiger partial charge in [-0.05, 0) is 49.9 Å². The van der Waals surface area contributed by atoms with E-state index in [4.69, 9.17) is 0 Å². The monoisotopic (exact) mass is 250 g/mol. The van der Waals surface area contributed by atoms with Crippen molar-refractivity contribution >= 4 is 5.97 Å². The van der Waals surface area contributed by atoms with E-state index < -0.39 is 5.97 Å². The van der Waals surface area contributed by atoms with Crippen molar-refractivity contribution in [1.29, 1.82) is 0 Å². The van der Waals surface area contributed by atoms with Crippen molar-refractivity contribution in [3.05, 3.63) is 23.3 Å². The Hall–Kier alpha value is -1.09. The zero-order valence-electron chi connectivity index (χ0n) is 11.1. The van der Waals surface area contributed by atoms with Crippen LogP contribution >= 0.6 is 0 Å². The van der Waals surface area contributed by atoms with E-state index in [2.05, 4.69) is 19.9 Å². The summed E-state index contributed by atoms with van der Waals surface area (Å²) in [6.07, 6.45) is 6.83. The van der Waals surface area contributed by atoms with Crippen LogP contribution in [0.3, 0.4) is 0 Å². The highest BCUT2D eigenvalue weighted by molar-refractivity contribution is 5.87. The fourth-order valence-electron chi connectivity index (χ4n) is 3.45. The zero-order valence-corrected chi connectivity index (χ0v) is 11.1. The molecule has 0 aromatic heterocycles. The molecule has 0 aromatic carbocycles. The molecule has 3 heteroatoms. The van der Waals surface area contributed by atoms with E-state index in [0.29, 0.717) is 11.5 Å². The molecule has 0 saturated heterocycles. The van der Waals surface area contributed by atoms with Crippen LogP contribution in [0.15, 0.2) is 23.3 Å². The molecule has 1 unspecified atom stereocenters. The molecular formula is C15H22O3. The number of aliphatic carboxylic acids is 1. The van der Waals surface area contributed by atoms with Gasteiger partial charge in [0.05, 0.1) is 0 Å². The lowest BCUT2D eigenvalue weighted by molar-refractivity contribution is -0.133. The maximum absolute atomic E-state index is 11.3. The Morgan fingerprint density at radius 2 is 2.28 bits per heavy atom. The number of rotatable bonds is 3. The van der Waals surface area contributed by atoms with Gasteiger partial charge in [0.15, 0.2) is 0 Å². The normalized spacial score (nSPS) is 33.2. The topological polar surface area (TPSA) is 57.5 Å². The highest BCUT2D eigenvalue weighted by Gasteiger charge is 2.39. The van der Waals surface area contributed by atoms with E-state index in [1.807, 2.05) is 6.08 Å². The molecule has 2 aliphatic rings. The fraction of sp³-hybridized carbons (Fsp3) is 0.667. The van der Waals surface area contributed by atoms with E-state index in [0.717, 1.165) is 19.3 Å². The molecule has 0 amide bonds. The Kier molecular flexibility index (Phi) is 3.91. The first-order valence-electron chi connectivity index (χ1n) is 6.76. The first-order chi connectivity index (χ1) is 8.54. The van der Waals surface area contributed by atoms with Crippen molar-refractivity contribution < 1.29 is 15.0 Å². The van der Waals surface area contributed by atoms with Gasteiger partial charge in [0.1, 0.15) is 0 Å². The van der Waals surface area contributed by atoms with Gasteiger partial charge in [0.25, 0.3) is 0 Å². The Balaban J connectivity index is 2.32. The molecule has 3 nitrogen and oxygen atoms in total. The zero-order chi connectivity index (χ0) is 13.3. The first-order valence-corrected chi connectivity index (χ1v) is 6.76. The summed E-state index contributed by atoms with van der Waals surface area (Å²) < 4.78 is 0. The number of fused-ring (bicyclic) bond motifs is 1. The van der Waals surface area contributed by atoms with Crippen LogP contribution in [0, 0.1) is 23.7 Å². The third-order valence-electron chi connectivity index (χ3n) is 4.56. The molecule has 2 aliphatic carbocycles. The minimum Gasteiger partial charge on any atom is -0.478 e. The van der Waals surface area contributed by atoms with E-state index in [9.17, 15) is 15.0 Å². The smallest absolute Gasteiger partial charge is 0.331 e. The second-order valence-corrected chi connectivity index (χ2v) is 5.76. The van der Waals surface area contributed by atoms with E-state index in [1.54, 1.807) is 0 Å². The maximum Gasteiger partial charge on any atom is 0.331 e. The summed E-state index contributed by atoms with van der Waals surface area (Å²) in [5.74, 6) is 0.258. The summed E-state index contributed by atoms with van der Waals surface area (Å²) >= 11 is 0. The predicted octanol–water partition coefficient (Wildman–Crippen LogP) is 2.62. The van der Waals surface area contributed by atoms with Gasteiger partial charge >= 0.3 is 5.97 Å². The summed E-state index contributed by atoms with van der Waals surface area (Å²) in [6.45, 7) is 4.35. The predicted molar refractivity (Wildman–Crippen MR) is 70.0 cm³/mol. The Morgan fingerprint density at radius 1 is 1.56 bits per heavy atom. The molecule has 0 saturated carbocycles. The molecule has 2 rings (SSSR count). The van der Waals surface area contributed by atoms with Crippen molar-refractivity contribution in [3.8, 4) is 0 Å². The minimum absolute atomic E-state index is 0.138. The Labute approximate surface area is 108 Å². The summed E-state index contributed by atoms with van der Waals surface area (Å²) in [5.41, 5.74) is 1.95. The number of allylic oxidation sites excluding steroid dienone is 3. The van der Waals surface area contributed by atoms with Crippen LogP contribution in [0.5, 0.6) is 0 Å². The van der Waals surface area contributed by atoms with Crippen LogP contribution in [0.2, 0.25) is 0 Å². The number of carboxylic acids is 1. The van der Waals surface area contributed by atoms with Crippen molar-refractivity contribution in [2.75, 3.05) is 6.61 Å². The van der Waals surface area contributed by atoms with Crippen molar-refractivity contribution in [3.63, 3.8) is 0 Å². The summed E-state index contributed by atoms with van der Waals surface area (Å²) in [6, 6.07) is 0. The number of carboxylic acid groups (broad SMARTS) is 1. The van der Waals surface area contributed by atoms with Crippen LogP contribution in [-0.4, -0.2) is 22.8 Å². The van der Waals surface area contributed by atoms with Gasteiger partial charge in [-0.3, -0.25) is 0 Å². The highest BCUT2D eigenvalue weighted by Crippen LogP contribution is 2.45. The Bertz CT molecular complexity index is 395. The maximum atomic E-state index is 11.3. The SMILES string of the molecule is CC1=C[C@@H]2[C@@H](C(C)CO)CC=C(C(=O)O)[C@@H]2CC1. The molecule has 0 heterocycles. The first kappa shape index (κ1) is 13.3. The lowest BCUT2D eigenvalue weighted by Gasteiger charge is -2.41. The van der Waals surface area contributed by atoms with Gasteiger partial charge in [-0.1, -0.05) is 24.6 Å². The average Bonchev–Trinajstić information content (AvgIpc) is 2.36. The largest absolute Gasteiger partial charge is 0.478 e. The molecule has 18 heavy (non-hydrogen) atoms. The standard InChI is InChI=1S/C15H22O3/c1-9-3-4-12-13(15(17)18)6-5-11(10(2)8-16)14(12)7-9/h6-7,10-12,14,16H,3-5,8H2,1-2H3,(H,17,18)/t10?,11-,12+,14-/m1/s1. The van der Waals surface area contributed by atoms with Gasteiger partial charge < -0.3 is 10.2 Å². The highest BCUT2D eigenvalue weighted by atomic mass is 16.4. The average molecular weight is 250 g/mol. The lowest BCUT2D eigenvalue weighted by Crippen LogP contribution is -2.36. The quantitative estimate of drug-likeness (QED) is 0.757. The molecule has 100 valence electrons. The summed E-state index contributed by atoms with van der Waals surface area (Å²) in [7, 11) is 0. The van der Waals surface area contributed by atoms with Crippen LogP contribution in [-0.2, 0) is 4.79 Å². The third kappa shape index (κ3) is 2.37. The Morgan fingerprint density at radius 3 is 2.89 bits per heavy atom. The van der Waals surface area contributed by atoms with Gasteiger partial charge in [-0.25, -0.2) is 4.79 Å². The molecule has 2 N–H and O–H groups in total. The molecular weight excluding hydrogens is 228 g/mol. The fourth-order valence-corrected chi connectivity index (χ4v) is 3.45. The molecule has 0 spiro atoms. The molecule has 0 radical (unpaired) electrons. The van der Waals surface area contributed by atoms with E-state index in [-0.39, 0.29) is 24.4 Å². The molecule has 0 bridgehead atoms. The van der Waals surface area contributed by atoms with Crippen LogP contribution in [0.4, 0.5) is 0 Å². The van der Waals surface area contributed by atoms with Crippen LogP contribution in [0.1, 0.15) is 33.1 Å². The van der Waals surface area contributed by atoms with E-state index >= 15 is 0 Å². The van der Waals surface area contributed by atoms with Gasteiger partial charge in [0, 0.05) is 12.2 Å². The van der Waals surface area contributed by atoms with Gasteiger partial charge in [0.2, 0.25) is 0 Å². The van der Waals surface area contributed by atoms with Crippen LogP contribution < -0.4 is 0 Å². The minimum atomic E-state index is -0.770. The molecule has 0 fully saturated rings. The molecule has 0 aliphatic heterocycles. The number of hydrogen-bond acceptors (Lipinski definition) is 2. The van der Waals surface area contributed by atoms with Gasteiger partial charge in [-0.2, -0.15) is 0 Å². The number of carbonyl (C=O) groups is 1. The van der Waals surface area contributed by atoms with Crippen molar-refractivity contribution in [2.24, 2.45) is 23.7 Å². The number of hydrogen-bond donors (Lipinski definition) is 2. The summed E-state index contributed by atoms with van der Waals surface area (Å²) in [5, 5.41) is 18.6. The van der Waals surface area contributed by atoms with Crippen molar-refractivity contribution in [2.45, 2.75) is 33.1 Å². The second kappa shape index (κ2) is 5.27. The van der Waals surface area contributed by atoms with Crippen molar-refractivity contribution in [1.82, 2.24) is 0 Å². The van der Waals surface area contributed by atoms with Crippen LogP contribution in [0.25, 0.3) is 0 Å².